The predicted molar refractivity (Wildman–Crippen MR) is 83.3 cm³/mol. The number of nitrogens with zero attached hydrogens (tertiary/aromatic N) is 1. The SMILES string of the molecule is CN1CCC[C@H]1C(=O)NC(C)(C)c1cc(C(F)(F)F)cc(C(F)(F)F)c1. The fourth-order valence-electron chi connectivity index (χ4n) is 3.02. The lowest BCUT2D eigenvalue weighted by molar-refractivity contribution is -0.143. The average molecular weight is 382 g/mol. The molecule has 1 aromatic carbocycles. The molecule has 1 aliphatic heterocycles. The lowest BCUT2D eigenvalue weighted by Gasteiger charge is -2.31. The van der Waals surface area contributed by atoms with Crippen LogP contribution in [0.5, 0.6) is 0 Å². The summed E-state index contributed by atoms with van der Waals surface area (Å²) in [4.78, 5) is 14.2. The summed E-state index contributed by atoms with van der Waals surface area (Å²) < 4.78 is 78.1. The van der Waals surface area contributed by atoms with E-state index in [9.17, 15) is 31.1 Å². The first-order valence-corrected chi connectivity index (χ1v) is 8.04. The number of carbonyl (C=O) groups is 1. The monoisotopic (exact) mass is 382 g/mol. The van der Waals surface area contributed by atoms with Gasteiger partial charge in [0.05, 0.1) is 22.7 Å². The first-order chi connectivity index (χ1) is 11.7. The van der Waals surface area contributed by atoms with Crippen LogP contribution in [0.3, 0.4) is 0 Å². The predicted octanol–water partition coefficient (Wildman–Crippen LogP) is 4.17. The standard InChI is InChI=1S/C17H20F6N2O/c1-15(2,24-14(26)13-5-4-6-25(13)3)10-7-11(16(18,19)20)9-12(8-10)17(21,22)23/h7-9,13H,4-6H2,1-3H3,(H,24,26)/t13-/m0/s1. The van der Waals surface area contributed by atoms with E-state index < -0.39 is 41.0 Å². The van der Waals surface area contributed by atoms with E-state index >= 15 is 0 Å². The van der Waals surface area contributed by atoms with Crippen LogP contribution in [-0.4, -0.2) is 30.4 Å². The van der Waals surface area contributed by atoms with Crippen LogP contribution in [0.2, 0.25) is 0 Å². The van der Waals surface area contributed by atoms with E-state index in [1.54, 1.807) is 11.9 Å². The second-order valence-electron chi connectivity index (χ2n) is 7.05. The van der Waals surface area contributed by atoms with E-state index in [1.165, 1.54) is 13.8 Å². The maximum absolute atomic E-state index is 13.0. The van der Waals surface area contributed by atoms with Crippen molar-refractivity contribution < 1.29 is 31.1 Å². The van der Waals surface area contributed by atoms with Crippen LogP contribution in [0.1, 0.15) is 43.4 Å². The van der Waals surface area contributed by atoms with E-state index in [0.717, 1.165) is 6.42 Å². The van der Waals surface area contributed by atoms with Gasteiger partial charge in [-0.25, -0.2) is 0 Å². The Morgan fingerprint density at radius 1 is 1.00 bits per heavy atom. The number of carbonyl (C=O) groups excluding carboxylic acids is 1. The molecule has 1 saturated heterocycles. The molecule has 0 spiro atoms. The fraction of sp³-hybridized carbons (Fsp3) is 0.588. The lowest BCUT2D eigenvalue weighted by Crippen LogP contribution is -2.49. The first-order valence-electron chi connectivity index (χ1n) is 8.04. The van der Waals surface area contributed by atoms with Crippen molar-refractivity contribution in [2.24, 2.45) is 0 Å². The molecule has 2 rings (SSSR count). The van der Waals surface area contributed by atoms with Gasteiger partial charge < -0.3 is 5.32 Å². The van der Waals surface area contributed by atoms with Crippen LogP contribution in [0.25, 0.3) is 0 Å². The van der Waals surface area contributed by atoms with Gasteiger partial charge in [0.2, 0.25) is 5.91 Å². The Morgan fingerprint density at radius 2 is 1.46 bits per heavy atom. The van der Waals surface area contributed by atoms with Gasteiger partial charge in [-0.2, -0.15) is 26.3 Å². The molecule has 0 bridgehead atoms. The normalized spacial score (nSPS) is 19.7. The summed E-state index contributed by atoms with van der Waals surface area (Å²) in [5, 5.41) is 2.59. The number of halogens is 6. The molecule has 0 saturated carbocycles. The van der Waals surface area contributed by atoms with Gasteiger partial charge >= 0.3 is 12.4 Å². The van der Waals surface area contributed by atoms with Gasteiger partial charge in [0.25, 0.3) is 0 Å². The minimum Gasteiger partial charge on any atom is -0.346 e. The smallest absolute Gasteiger partial charge is 0.346 e. The van der Waals surface area contributed by atoms with E-state index in [0.29, 0.717) is 25.1 Å². The Hall–Kier alpha value is -1.77. The van der Waals surface area contributed by atoms with E-state index in [4.69, 9.17) is 0 Å². The first kappa shape index (κ1) is 20.5. The highest BCUT2D eigenvalue weighted by Crippen LogP contribution is 2.38. The Morgan fingerprint density at radius 3 is 1.85 bits per heavy atom. The molecule has 26 heavy (non-hydrogen) atoms. The maximum Gasteiger partial charge on any atom is 0.416 e. The highest BCUT2D eigenvalue weighted by molar-refractivity contribution is 5.82. The molecule has 0 aliphatic carbocycles. The highest BCUT2D eigenvalue weighted by Gasteiger charge is 2.39. The van der Waals surface area contributed by atoms with E-state index in [-0.39, 0.29) is 11.6 Å². The van der Waals surface area contributed by atoms with Gasteiger partial charge in [0, 0.05) is 0 Å². The number of amides is 1. The highest BCUT2D eigenvalue weighted by atomic mass is 19.4. The summed E-state index contributed by atoms with van der Waals surface area (Å²) >= 11 is 0. The fourth-order valence-corrected chi connectivity index (χ4v) is 3.02. The second-order valence-corrected chi connectivity index (χ2v) is 7.05. The second kappa shape index (κ2) is 6.75. The third kappa shape index (κ3) is 4.49. The molecular weight excluding hydrogens is 362 g/mol. The van der Waals surface area contributed by atoms with Crippen molar-refractivity contribution in [2.45, 2.75) is 50.6 Å². The minimum absolute atomic E-state index is 0.0755. The molecule has 1 aliphatic rings. The van der Waals surface area contributed by atoms with Crippen LogP contribution in [0.4, 0.5) is 26.3 Å². The van der Waals surface area contributed by atoms with E-state index in [2.05, 4.69) is 5.32 Å². The molecule has 3 nitrogen and oxygen atoms in total. The topological polar surface area (TPSA) is 32.3 Å². The van der Waals surface area contributed by atoms with Gasteiger partial charge in [0.15, 0.2) is 0 Å². The molecule has 1 amide bonds. The third-order valence-electron chi connectivity index (χ3n) is 4.57. The number of likely N-dealkylation sites (N-methyl/N-ethyl adjacent to an activating group) is 1. The van der Waals surface area contributed by atoms with Crippen LogP contribution in [0, 0.1) is 0 Å². The molecular formula is C17H20F6N2O. The summed E-state index contributed by atoms with van der Waals surface area (Å²) in [5.74, 6) is -0.416. The largest absolute Gasteiger partial charge is 0.416 e. The summed E-state index contributed by atoms with van der Waals surface area (Å²) in [6.45, 7) is 3.48. The third-order valence-corrected chi connectivity index (χ3v) is 4.57. The average Bonchev–Trinajstić information content (AvgIpc) is 2.91. The molecule has 0 unspecified atom stereocenters. The number of hydrogen-bond donors (Lipinski definition) is 1. The zero-order valence-electron chi connectivity index (χ0n) is 14.6. The Labute approximate surface area is 147 Å². The number of hydrogen-bond acceptors (Lipinski definition) is 2. The van der Waals surface area contributed by atoms with Crippen molar-refractivity contribution in [3.8, 4) is 0 Å². The maximum atomic E-state index is 13.0. The molecule has 0 radical (unpaired) electrons. The summed E-state index contributed by atoms with van der Waals surface area (Å²) in [5.41, 5.74) is -4.46. The van der Waals surface area contributed by atoms with Gasteiger partial charge in [-0.1, -0.05) is 0 Å². The number of nitrogens with one attached hydrogen (secondary N) is 1. The molecule has 1 aromatic rings. The molecule has 146 valence electrons. The molecule has 1 heterocycles. The summed E-state index contributed by atoms with van der Waals surface area (Å²) in [6, 6.07) is 0.927. The van der Waals surface area contributed by atoms with Crippen molar-refractivity contribution in [1.29, 1.82) is 0 Å². The van der Waals surface area contributed by atoms with Crippen molar-refractivity contribution in [2.75, 3.05) is 13.6 Å². The Bertz CT molecular complexity index is 649. The number of benzene rings is 1. The van der Waals surface area contributed by atoms with Crippen molar-refractivity contribution >= 4 is 5.91 Å². The quantitative estimate of drug-likeness (QED) is 0.796. The molecule has 1 N–H and O–H groups in total. The summed E-state index contributed by atoms with van der Waals surface area (Å²) in [7, 11) is 1.75. The van der Waals surface area contributed by atoms with Gasteiger partial charge in [-0.05, 0) is 64.0 Å². The van der Waals surface area contributed by atoms with Crippen LogP contribution in [0.15, 0.2) is 18.2 Å². The molecule has 1 fully saturated rings. The van der Waals surface area contributed by atoms with Crippen molar-refractivity contribution in [3.05, 3.63) is 34.9 Å². The van der Waals surface area contributed by atoms with E-state index in [1.807, 2.05) is 0 Å². The zero-order chi connectivity index (χ0) is 19.9. The lowest BCUT2D eigenvalue weighted by atomic mass is 9.90. The molecule has 9 heteroatoms. The molecule has 1 atom stereocenters. The van der Waals surface area contributed by atoms with Gasteiger partial charge in [-0.3, -0.25) is 9.69 Å². The van der Waals surface area contributed by atoms with Crippen molar-refractivity contribution in [3.63, 3.8) is 0 Å². The van der Waals surface area contributed by atoms with Gasteiger partial charge in [-0.15, -0.1) is 0 Å². The van der Waals surface area contributed by atoms with Crippen LogP contribution >= 0.6 is 0 Å². The van der Waals surface area contributed by atoms with Crippen LogP contribution in [-0.2, 0) is 22.7 Å². The van der Waals surface area contributed by atoms with Gasteiger partial charge in [0.1, 0.15) is 0 Å². The summed E-state index contributed by atoms with van der Waals surface area (Å²) in [6.07, 6.45) is -8.46. The Balaban J connectivity index is 2.39. The van der Waals surface area contributed by atoms with Crippen molar-refractivity contribution in [1.82, 2.24) is 10.2 Å². The molecule has 0 aromatic heterocycles. The number of alkyl halides is 6. The van der Waals surface area contributed by atoms with Crippen LogP contribution < -0.4 is 5.32 Å². The Kier molecular flexibility index (Phi) is 5.34. The number of rotatable bonds is 3. The number of likely N-dealkylation sites (tertiary alicyclic amines) is 1. The zero-order valence-corrected chi connectivity index (χ0v) is 14.6. The minimum atomic E-state index is -4.93.